The SMILES string of the molecule is O=S(=O)(/C=C/c1cn(-c2ccccc2)nc1C1CCCNC1)c1ccccc1. The van der Waals surface area contributed by atoms with Gasteiger partial charge in [-0.15, -0.1) is 0 Å². The number of rotatable bonds is 5. The molecule has 4 rings (SSSR count). The van der Waals surface area contributed by atoms with E-state index >= 15 is 0 Å². The molecule has 1 N–H and O–H groups in total. The smallest absolute Gasteiger partial charge is 0.199 e. The lowest BCUT2D eigenvalue weighted by molar-refractivity contribution is 0.452. The van der Waals surface area contributed by atoms with Crippen molar-refractivity contribution in [3.63, 3.8) is 0 Å². The van der Waals surface area contributed by atoms with Crippen molar-refractivity contribution in [3.05, 3.63) is 83.5 Å². The van der Waals surface area contributed by atoms with E-state index in [4.69, 9.17) is 5.10 Å². The number of para-hydroxylation sites is 1. The molecule has 6 heteroatoms. The number of piperidine rings is 1. The fourth-order valence-electron chi connectivity index (χ4n) is 3.50. The first-order valence-electron chi connectivity index (χ1n) is 9.47. The van der Waals surface area contributed by atoms with Crippen LogP contribution in [-0.2, 0) is 9.84 Å². The summed E-state index contributed by atoms with van der Waals surface area (Å²) in [7, 11) is -3.49. The average molecular weight is 394 g/mol. The van der Waals surface area contributed by atoms with Gasteiger partial charge in [-0.3, -0.25) is 0 Å². The minimum Gasteiger partial charge on any atom is -0.316 e. The highest BCUT2D eigenvalue weighted by molar-refractivity contribution is 7.94. The van der Waals surface area contributed by atoms with Crippen molar-refractivity contribution in [2.45, 2.75) is 23.7 Å². The molecule has 2 heterocycles. The van der Waals surface area contributed by atoms with Gasteiger partial charge in [-0.2, -0.15) is 5.10 Å². The van der Waals surface area contributed by atoms with Gasteiger partial charge in [0, 0.05) is 29.6 Å². The fraction of sp³-hybridized carbons (Fsp3) is 0.227. The molecule has 1 aliphatic heterocycles. The average Bonchev–Trinajstić information content (AvgIpc) is 3.19. The first-order chi connectivity index (χ1) is 13.6. The molecule has 0 aliphatic carbocycles. The van der Waals surface area contributed by atoms with E-state index in [1.54, 1.807) is 36.4 Å². The van der Waals surface area contributed by atoms with E-state index < -0.39 is 9.84 Å². The lowest BCUT2D eigenvalue weighted by Crippen LogP contribution is -2.29. The van der Waals surface area contributed by atoms with Gasteiger partial charge in [0.2, 0.25) is 0 Å². The van der Waals surface area contributed by atoms with Crippen molar-refractivity contribution in [1.82, 2.24) is 15.1 Å². The molecular formula is C22H23N3O2S. The summed E-state index contributed by atoms with van der Waals surface area (Å²) in [6, 6.07) is 18.4. The first kappa shape index (κ1) is 18.7. The predicted octanol–water partition coefficient (Wildman–Crippen LogP) is 3.78. The Kier molecular flexibility index (Phi) is 5.41. The van der Waals surface area contributed by atoms with Crippen LogP contribution >= 0.6 is 0 Å². The zero-order valence-electron chi connectivity index (χ0n) is 15.5. The monoisotopic (exact) mass is 393 g/mol. The summed E-state index contributed by atoms with van der Waals surface area (Å²) in [6.45, 7) is 1.88. The number of hydrogen-bond donors (Lipinski definition) is 1. The van der Waals surface area contributed by atoms with Crippen LogP contribution in [0.25, 0.3) is 11.8 Å². The molecule has 1 saturated heterocycles. The number of sulfone groups is 1. The third kappa shape index (κ3) is 4.08. The summed E-state index contributed by atoms with van der Waals surface area (Å²) >= 11 is 0. The Bertz CT molecular complexity index is 1050. The van der Waals surface area contributed by atoms with Gasteiger partial charge in [-0.1, -0.05) is 36.4 Å². The maximum Gasteiger partial charge on any atom is 0.199 e. The molecule has 5 nitrogen and oxygen atoms in total. The van der Waals surface area contributed by atoms with Gasteiger partial charge in [0.25, 0.3) is 0 Å². The van der Waals surface area contributed by atoms with Crippen LogP contribution in [0.2, 0.25) is 0 Å². The van der Waals surface area contributed by atoms with Gasteiger partial charge in [0.1, 0.15) is 0 Å². The van der Waals surface area contributed by atoms with Crippen molar-refractivity contribution < 1.29 is 8.42 Å². The van der Waals surface area contributed by atoms with E-state index in [1.165, 1.54) is 5.41 Å². The fourth-order valence-corrected chi connectivity index (χ4v) is 4.52. The van der Waals surface area contributed by atoms with Crippen LogP contribution in [0.5, 0.6) is 0 Å². The number of hydrogen-bond acceptors (Lipinski definition) is 4. The van der Waals surface area contributed by atoms with Crippen LogP contribution < -0.4 is 5.32 Å². The maximum absolute atomic E-state index is 12.6. The van der Waals surface area contributed by atoms with Gasteiger partial charge in [0.05, 0.1) is 16.3 Å². The van der Waals surface area contributed by atoms with Crippen LogP contribution in [0, 0.1) is 0 Å². The van der Waals surface area contributed by atoms with Crippen LogP contribution in [0.3, 0.4) is 0 Å². The Morgan fingerprint density at radius 3 is 2.43 bits per heavy atom. The highest BCUT2D eigenvalue weighted by atomic mass is 32.2. The van der Waals surface area contributed by atoms with Gasteiger partial charge in [0.15, 0.2) is 9.84 Å². The van der Waals surface area contributed by atoms with Crippen LogP contribution in [-0.4, -0.2) is 31.3 Å². The molecule has 3 aromatic rings. The van der Waals surface area contributed by atoms with Crippen LogP contribution in [0.1, 0.15) is 30.0 Å². The minimum atomic E-state index is -3.49. The van der Waals surface area contributed by atoms with Crippen molar-refractivity contribution in [1.29, 1.82) is 0 Å². The Morgan fingerprint density at radius 2 is 1.75 bits per heavy atom. The highest BCUT2D eigenvalue weighted by Gasteiger charge is 2.22. The van der Waals surface area contributed by atoms with E-state index in [2.05, 4.69) is 5.32 Å². The molecular weight excluding hydrogens is 370 g/mol. The summed E-state index contributed by atoms with van der Waals surface area (Å²) in [5.74, 6) is 0.276. The van der Waals surface area contributed by atoms with E-state index in [0.29, 0.717) is 4.90 Å². The summed E-state index contributed by atoms with van der Waals surface area (Å²) in [5.41, 5.74) is 2.74. The largest absolute Gasteiger partial charge is 0.316 e. The second-order valence-corrected chi connectivity index (χ2v) is 8.79. The molecule has 0 amide bonds. The number of nitrogens with zero attached hydrogens (tertiary/aromatic N) is 2. The molecule has 0 spiro atoms. The minimum absolute atomic E-state index is 0.276. The van der Waals surface area contributed by atoms with Gasteiger partial charge < -0.3 is 5.32 Å². The summed E-state index contributed by atoms with van der Waals surface area (Å²) in [4.78, 5) is 0.294. The number of aromatic nitrogens is 2. The lowest BCUT2D eigenvalue weighted by Gasteiger charge is -2.21. The molecule has 28 heavy (non-hydrogen) atoms. The zero-order valence-corrected chi connectivity index (χ0v) is 16.3. The molecule has 1 aliphatic rings. The second-order valence-electron chi connectivity index (χ2n) is 6.95. The second kappa shape index (κ2) is 8.12. The molecule has 0 saturated carbocycles. The third-order valence-electron chi connectivity index (χ3n) is 4.98. The standard InChI is InChI=1S/C22H23N3O2S/c26-28(27,21-11-5-2-6-12-21)15-13-19-17-25(20-9-3-1-4-10-20)24-22(19)18-8-7-14-23-16-18/h1-6,9-13,15,17-18,23H,7-8,14,16H2/b15-13+. The molecule has 0 radical (unpaired) electrons. The molecule has 1 aromatic heterocycles. The molecule has 1 atom stereocenters. The van der Waals surface area contributed by atoms with Crippen LogP contribution in [0.4, 0.5) is 0 Å². The van der Waals surface area contributed by atoms with E-state index in [-0.39, 0.29) is 5.92 Å². The van der Waals surface area contributed by atoms with E-state index in [0.717, 1.165) is 42.9 Å². The van der Waals surface area contributed by atoms with Crippen LogP contribution in [0.15, 0.2) is 77.2 Å². The van der Waals surface area contributed by atoms with E-state index in [9.17, 15) is 8.42 Å². The topological polar surface area (TPSA) is 64.0 Å². The van der Waals surface area contributed by atoms with Crippen molar-refractivity contribution in [2.75, 3.05) is 13.1 Å². The molecule has 2 aromatic carbocycles. The summed E-state index contributed by atoms with van der Waals surface area (Å²) < 4.78 is 27.1. The van der Waals surface area contributed by atoms with Crippen molar-refractivity contribution in [2.24, 2.45) is 0 Å². The quantitative estimate of drug-likeness (QED) is 0.716. The maximum atomic E-state index is 12.6. The third-order valence-corrected chi connectivity index (χ3v) is 6.40. The first-order valence-corrected chi connectivity index (χ1v) is 11.0. The van der Waals surface area contributed by atoms with Gasteiger partial charge in [-0.25, -0.2) is 13.1 Å². The summed E-state index contributed by atoms with van der Waals surface area (Å²) in [5, 5.41) is 9.51. The molecule has 1 fully saturated rings. The molecule has 0 bridgehead atoms. The lowest BCUT2D eigenvalue weighted by atomic mass is 9.94. The predicted molar refractivity (Wildman–Crippen MR) is 111 cm³/mol. The highest BCUT2D eigenvalue weighted by Crippen LogP contribution is 2.27. The van der Waals surface area contributed by atoms with Gasteiger partial charge >= 0.3 is 0 Å². The van der Waals surface area contributed by atoms with Gasteiger partial charge in [-0.05, 0) is 49.7 Å². The summed E-state index contributed by atoms with van der Waals surface area (Å²) in [6.07, 6.45) is 5.73. The van der Waals surface area contributed by atoms with Crippen molar-refractivity contribution in [3.8, 4) is 5.69 Å². The van der Waals surface area contributed by atoms with E-state index in [1.807, 2.05) is 41.2 Å². The zero-order chi connectivity index (χ0) is 19.4. The Morgan fingerprint density at radius 1 is 1.04 bits per heavy atom. The molecule has 1 unspecified atom stereocenters. The number of benzene rings is 2. The molecule has 144 valence electrons. The Labute approximate surface area is 165 Å². The van der Waals surface area contributed by atoms with Crippen molar-refractivity contribution >= 4 is 15.9 Å². The normalized spacial score (nSPS) is 17.8. The Balaban J connectivity index is 1.71. The number of nitrogens with one attached hydrogen (secondary N) is 1. The Hall–Kier alpha value is -2.70.